The van der Waals surface area contributed by atoms with Gasteiger partial charge in [-0.25, -0.2) is 4.79 Å². The summed E-state index contributed by atoms with van der Waals surface area (Å²) in [5, 5.41) is 23.1. The highest BCUT2D eigenvalue weighted by atomic mass is 32.1. The number of thiophene rings is 1. The Labute approximate surface area is 111 Å². The van der Waals surface area contributed by atoms with Gasteiger partial charge in [0, 0.05) is 12.0 Å². The van der Waals surface area contributed by atoms with Gasteiger partial charge in [-0.2, -0.15) is 0 Å². The summed E-state index contributed by atoms with van der Waals surface area (Å²) in [6, 6.07) is 2.28. The average molecular weight is 282 g/mol. The Hall–Kier alpha value is -2.19. The van der Waals surface area contributed by atoms with Crippen molar-refractivity contribution >= 4 is 23.3 Å². The van der Waals surface area contributed by atoms with Gasteiger partial charge in [0.15, 0.2) is 11.5 Å². The second kappa shape index (κ2) is 5.21. The number of carboxylic acid groups (broad SMARTS) is 2. The highest BCUT2D eigenvalue weighted by Gasteiger charge is 2.26. The molecular formula is C11H10N2O5S. The van der Waals surface area contributed by atoms with E-state index in [1.54, 1.807) is 17.5 Å². The van der Waals surface area contributed by atoms with E-state index in [9.17, 15) is 9.59 Å². The molecule has 100 valence electrons. The number of hydrogen-bond acceptors (Lipinski definition) is 6. The zero-order chi connectivity index (χ0) is 14.0. The molecule has 1 atom stereocenters. The van der Waals surface area contributed by atoms with Gasteiger partial charge in [-0.15, -0.1) is 11.3 Å². The van der Waals surface area contributed by atoms with E-state index in [2.05, 4.69) is 5.16 Å². The highest BCUT2D eigenvalue weighted by molar-refractivity contribution is 7.13. The molecule has 0 saturated heterocycles. The Morgan fingerprint density at radius 3 is 2.74 bits per heavy atom. The summed E-state index contributed by atoms with van der Waals surface area (Å²) in [5.74, 6) is -2.24. The maximum atomic E-state index is 11.0. The minimum atomic E-state index is -1.28. The molecule has 0 saturated carbocycles. The van der Waals surface area contributed by atoms with E-state index in [0.717, 1.165) is 0 Å². The summed E-state index contributed by atoms with van der Waals surface area (Å²) in [7, 11) is 0. The van der Waals surface area contributed by atoms with Gasteiger partial charge in [0.05, 0.1) is 4.88 Å². The van der Waals surface area contributed by atoms with E-state index < -0.39 is 18.0 Å². The van der Waals surface area contributed by atoms with Crippen LogP contribution in [0, 0.1) is 0 Å². The molecule has 0 aliphatic heterocycles. The molecule has 0 aliphatic carbocycles. The number of nitrogens with two attached hydrogens (primary N) is 1. The molecule has 0 spiro atoms. The summed E-state index contributed by atoms with van der Waals surface area (Å²) in [5.41, 5.74) is 5.33. The van der Waals surface area contributed by atoms with Crippen LogP contribution in [-0.4, -0.2) is 33.4 Å². The molecule has 0 amide bonds. The monoisotopic (exact) mass is 282 g/mol. The number of aromatic carboxylic acids is 1. The molecule has 0 bridgehead atoms. The lowest BCUT2D eigenvalue weighted by atomic mass is 10.0. The van der Waals surface area contributed by atoms with Crippen LogP contribution in [0.3, 0.4) is 0 Å². The first kappa shape index (κ1) is 13.2. The van der Waals surface area contributed by atoms with Crippen LogP contribution < -0.4 is 5.73 Å². The third kappa shape index (κ3) is 2.64. The van der Waals surface area contributed by atoms with Gasteiger partial charge in [0.1, 0.15) is 6.04 Å². The van der Waals surface area contributed by atoms with Crippen LogP contribution >= 0.6 is 11.3 Å². The predicted molar refractivity (Wildman–Crippen MR) is 66.1 cm³/mol. The zero-order valence-electron chi connectivity index (χ0n) is 9.57. The van der Waals surface area contributed by atoms with Crippen molar-refractivity contribution < 1.29 is 24.3 Å². The van der Waals surface area contributed by atoms with Crippen molar-refractivity contribution in [2.75, 3.05) is 0 Å². The van der Waals surface area contributed by atoms with Crippen molar-refractivity contribution in [3.05, 3.63) is 28.8 Å². The Morgan fingerprint density at radius 2 is 2.21 bits per heavy atom. The largest absolute Gasteiger partial charge is 0.480 e. The number of carbonyl (C=O) groups is 2. The quantitative estimate of drug-likeness (QED) is 0.748. The average Bonchev–Trinajstić information content (AvgIpc) is 2.96. The molecule has 8 heteroatoms. The van der Waals surface area contributed by atoms with E-state index >= 15 is 0 Å². The fourth-order valence-electron chi connectivity index (χ4n) is 1.58. The number of aromatic nitrogens is 1. The minimum Gasteiger partial charge on any atom is -0.480 e. The van der Waals surface area contributed by atoms with Crippen LogP contribution in [0.5, 0.6) is 0 Å². The number of rotatable bonds is 5. The van der Waals surface area contributed by atoms with Crippen molar-refractivity contribution in [1.82, 2.24) is 5.16 Å². The van der Waals surface area contributed by atoms with E-state index in [1.807, 2.05) is 0 Å². The van der Waals surface area contributed by atoms with Crippen molar-refractivity contribution in [3.8, 4) is 10.6 Å². The lowest BCUT2D eigenvalue weighted by Crippen LogP contribution is -2.32. The van der Waals surface area contributed by atoms with E-state index in [0.29, 0.717) is 4.88 Å². The van der Waals surface area contributed by atoms with E-state index in [-0.39, 0.29) is 23.4 Å². The fraction of sp³-hybridized carbons (Fsp3) is 0.182. The Kier molecular flexibility index (Phi) is 3.63. The fourth-order valence-corrected chi connectivity index (χ4v) is 2.30. The summed E-state index contributed by atoms with van der Waals surface area (Å²) in [6.45, 7) is 0. The molecule has 4 N–H and O–H groups in total. The maximum Gasteiger partial charge on any atom is 0.358 e. The number of hydrogen-bond donors (Lipinski definition) is 3. The molecule has 2 aromatic rings. The van der Waals surface area contributed by atoms with Crippen molar-refractivity contribution in [3.63, 3.8) is 0 Å². The smallest absolute Gasteiger partial charge is 0.358 e. The first-order valence-corrected chi connectivity index (χ1v) is 6.12. The van der Waals surface area contributed by atoms with Gasteiger partial charge >= 0.3 is 11.9 Å². The molecule has 1 unspecified atom stereocenters. The third-order valence-corrected chi connectivity index (χ3v) is 3.35. The van der Waals surface area contributed by atoms with Gasteiger partial charge in [-0.3, -0.25) is 4.79 Å². The van der Waals surface area contributed by atoms with Crippen molar-refractivity contribution in [2.24, 2.45) is 5.73 Å². The van der Waals surface area contributed by atoms with Gasteiger partial charge in [0.2, 0.25) is 0 Å². The second-order valence-electron chi connectivity index (χ2n) is 3.77. The molecule has 2 aromatic heterocycles. The van der Waals surface area contributed by atoms with E-state index in [1.165, 1.54) is 11.3 Å². The van der Waals surface area contributed by atoms with Gasteiger partial charge < -0.3 is 20.5 Å². The molecule has 19 heavy (non-hydrogen) atoms. The zero-order valence-corrected chi connectivity index (χ0v) is 10.4. The summed E-state index contributed by atoms with van der Waals surface area (Å²) >= 11 is 1.34. The van der Waals surface area contributed by atoms with Crippen molar-refractivity contribution in [2.45, 2.75) is 12.5 Å². The standard InChI is InChI=1S/C11H10N2O5S/c12-6(10(14)15)4-5-8(11(16)17)13-18-9(5)7-2-1-3-19-7/h1-3,6H,4,12H2,(H,14,15)(H,16,17). The summed E-state index contributed by atoms with van der Waals surface area (Å²) < 4.78 is 5.01. The first-order valence-electron chi connectivity index (χ1n) is 5.24. The summed E-state index contributed by atoms with van der Waals surface area (Å²) in [4.78, 5) is 22.5. The van der Waals surface area contributed by atoms with Crippen LogP contribution in [0.25, 0.3) is 10.6 Å². The Balaban J connectivity index is 2.45. The Bertz CT molecular complexity index is 605. The third-order valence-electron chi connectivity index (χ3n) is 2.48. The molecule has 0 aromatic carbocycles. The second-order valence-corrected chi connectivity index (χ2v) is 4.72. The molecule has 2 heterocycles. The van der Waals surface area contributed by atoms with Crippen LogP contribution in [-0.2, 0) is 11.2 Å². The minimum absolute atomic E-state index is 0.159. The highest BCUT2D eigenvalue weighted by Crippen LogP contribution is 2.30. The Morgan fingerprint density at radius 1 is 1.47 bits per heavy atom. The van der Waals surface area contributed by atoms with Gasteiger partial charge in [-0.05, 0) is 11.4 Å². The molecule has 0 fully saturated rings. The summed E-state index contributed by atoms with van der Waals surface area (Å²) in [6.07, 6.45) is -0.159. The number of aliphatic carboxylic acids is 1. The molecule has 7 nitrogen and oxygen atoms in total. The predicted octanol–water partition coefficient (Wildman–Crippen LogP) is 1.06. The molecule has 0 radical (unpaired) electrons. The molecule has 2 rings (SSSR count). The van der Waals surface area contributed by atoms with Crippen molar-refractivity contribution in [1.29, 1.82) is 0 Å². The van der Waals surface area contributed by atoms with Crippen LogP contribution in [0.15, 0.2) is 22.0 Å². The van der Waals surface area contributed by atoms with Gasteiger partial charge in [0.25, 0.3) is 0 Å². The topological polar surface area (TPSA) is 127 Å². The lowest BCUT2D eigenvalue weighted by molar-refractivity contribution is -0.138. The van der Waals surface area contributed by atoms with Gasteiger partial charge in [-0.1, -0.05) is 11.2 Å². The first-order chi connectivity index (χ1) is 9.00. The number of carboxylic acids is 2. The van der Waals surface area contributed by atoms with Crippen LogP contribution in [0.1, 0.15) is 16.1 Å². The molecule has 0 aliphatic rings. The van der Waals surface area contributed by atoms with Crippen LogP contribution in [0.2, 0.25) is 0 Å². The van der Waals surface area contributed by atoms with Crippen LogP contribution in [0.4, 0.5) is 0 Å². The van der Waals surface area contributed by atoms with E-state index in [4.69, 9.17) is 20.5 Å². The SMILES string of the molecule is NC(Cc1c(C(=O)O)noc1-c1cccs1)C(=O)O. The maximum absolute atomic E-state index is 11.0. The lowest BCUT2D eigenvalue weighted by Gasteiger charge is -2.05. The molecular weight excluding hydrogens is 272 g/mol. The number of nitrogens with zero attached hydrogens (tertiary/aromatic N) is 1. The normalized spacial score (nSPS) is 12.3.